The van der Waals surface area contributed by atoms with Gasteiger partial charge >= 0.3 is 0 Å². The molecule has 114 valence electrons. The van der Waals surface area contributed by atoms with E-state index < -0.39 is 9.84 Å². The highest BCUT2D eigenvalue weighted by molar-refractivity contribution is 7.91. The number of hydrogen-bond acceptors (Lipinski definition) is 3. The molecule has 1 fully saturated rings. The fraction of sp³-hybridized carbons (Fsp3) is 0.333. The van der Waals surface area contributed by atoms with Gasteiger partial charge in [0, 0.05) is 0 Å². The number of hydrogen-bond donors (Lipinski definition) is 0. The molecule has 0 bridgehead atoms. The second-order valence-corrected chi connectivity index (χ2v) is 8.24. The number of para-hydroxylation sites is 1. The van der Waals surface area contributed by atoms with E-state index in [9.17, 15) is 8.42 Å². The van der Waals surface area contributed by atoms with Crippen LogP contribution in [0.25, 0.3) is 0 Å². The highest BCUT2D eigenvalue weighted by Gasteiger charge is 2.39. The highest BCUT2D eigenvalue weighted by Crippen LogP contribution is 2.49. The first kappa shape index (κ1) is 13.8. The van der Waals surface area contributed by atoms with Gasteiger partial charge in [-0.1, -0.05) is 24.3 Å². The second-order valence-electron chi connectivity index (χ2n) is 6.17. The Kier molecular flexibility index (Phi) is 3.22. The molecule has 4 heteroatoms. The molecular formula is C18H18O3S. The van der Waals surface area contributed by atoms with Gasteiger partial charge in [0.15, 0.2) is 9.84 Å². The van der Waals surface area contributed by atoms with Crippen molar-refractivity contribution in [1.82, 2.24) is 0 Å². The Morgan fingerprint density at radius 3 is 2.41 bits per heavy atom. The van der Waals surface area contributed by atoms with Crippen molar-refractivity contribution in [3.05, 3.63) is 54.1 Å². The van der Waals surface area contributed by atoms with Crippen molar-refractivity contribution in [2.24, 2.45) is 5.92 Å². The molecular weight excluding hydrogens is 296 g/mol. The van der Waals surface area contributed by atoms with E-state index in [0.717, 1.165) is 17.7 Å². The topological polar surface area (TPSA) is 43.4 Å². The monoisotopic (exact) mass is 314 g/mol. The second kappa shape index (κ2) is 5.13. The number of ether oxygens (including phenoxy) is 1. The minimum absolute atomic E-state index is 0.260. The summed E-state index contributed by atoms with van der Waals surface area (Å²) in [6.45, 7) is 0. The molecule has 0 radical (unpaired) electrons. The van der Waals surface area contributed by atoms with Gasteiger partial charge in [0.2, 0.25) is 0 Å². The van der Waals surface area contributed by atoms with Crippen molar-refractivity contribution >= 4 is 9.84 Å². The largest absolute Gasteiger partial charge is 0.457 e. The van der Waals surface area contributed by atoms with Crippen LogP contribution in [0, 0.1) is 5.92 Å². The van der Waals surface area contributed by atoms with E-state index in [2.05, 4.69) is 0 Å². The zero-order valence-corrected chi connectivity index (χ0v) is 13.1. The van der Waals surface area contributed by atoms with Crippen LogP contribution in [-0.2, 0) is 9.84 Å². The first-order valence-corrected chi connectivity index (χ1v) is 9.38. The summed E-state index contributed by atoms with van der Waals surface area (Å²) in [7, 11) is -3.18. The minimum Gasteiger partial charge on any atom is -0.457 e. The SMILES string of the molecule is O=S1(=O)CCC(C2CC2)c2ccc(Oc3ccccc3)cc21. The Bertz CT molecular complexity index is 792. The summed E-state index contributed by atoms with van der Waals surface area (Å²) in [6, 6.07) is 15.0. The molecule has 4 rings (SSSR count). The molecule has 1 aliphatic heterocycles. The fourth-order valence-electron chi connectivity index (χ4n) is 3.31. The smallest absolute Gasteiger partial charge is 0.178 e. The molecule has 0 saturated heterocycles. The Labute approximate surface area is 130 Å². The molecule has 1 atom stereocenters. The molecule has 0 N–H and O–H groups in total. The molecule has 0 spiro atoms. The molecule has 0 amide bonds. The van der Waals surface area contributed by atoms with Crippen molar-refractivity contribution < 1.29 is 13.2 Å². The summed E-state index contributed by atoms with van der Waals surface area (Å²) in [5, 5.41) is 0. The third kappa shape index (κ3) is 2.52. The van der Waals surface area contributed by atoms with Crippen LogP contribution in [-0.4, -0.2) is 14.2 Å². The lowest BCUT2D eigenvalue weighted by atomic mass is 9.91. The molecule has 1 unspecified atom stereocenters. The first-order valence-electron chi connectivity index (χ1n) is 7.73. The number of benzene rings is 2. The van der Waals surface area contributed by atoms with E-state index in [1.54, 1.807) is 6.07 Å². The molecule has 2 aromatic carbocycles. The van der Waals surface area contributed by atoms with Gasteiger partial charge in [0.25, 0.3) is 0 Å². The quantitative estimate of drug-likeness (QED) is 0.855. The van der Waals surface area contributed by atoms with Crippen LogP contribution in [0.2, 0.25) is 0 Å². The Morgan fingerprint density at radius 2 is 1.68 bits per heavy atom. The van der Waals surface area contributed by atoms with Crippen LogP contribution in [0.4, 0.5) is 0 Å². The summed E-state index contributed by atoms with van der Waals surface area (Å²) in [6.07, 6.45) is 3.22. The van der Waals surface area contributed by atoms with Gasteiger partial charge in [-0.3, -0.25) is 0 Å². The maximum atomic E-state index is 12.4. The summed E-state index contributed by atoms with van der Waals surface area (Å²) in [5.41, 5.74) is 0.995. The molecule has 1 aliphatic carbocycles. The van der Waals surface area contributed by atoms with Gasteiger partial charge in [0.1, 0.15) is 11.5 Å². The van der Waals surface area contributed by atoms with Crippen molar-refractivity contribution in [1.29, 1.82) is 0 Å². The molecule has 2 aromatic rings. The van der Waals surface area contributed by atoms with Crippen LogP contribution < -0.4 is 4.74 Å². The molecule has 22 heavy (non-hydrogen) atoms. The predicted molar refractivity (Wildman–Crippen MR) is 85.1 cm³/mol. The first-order chi connectivity index (χ1) is 10.6. The summed E-state index contributed by atoms with van der Waals surface area (Å²) in [5.74, 6) is 2.65. The highest BCUT2D eigenvalue weighted by atomic mass is 32.2. The van der Waals surface area contributed by atoms with Crippen LogP contribution in [0.15, 0.2) is 53.4 Å². The van der Waals surface area contributed by atoms with Gasteiger partial charge < -0.3 is 4.74 Å². The van der Waals surface area contributed by atoms with Gasteiger partial charge in [-0.25, -0.2) is 8.42 Å². The van der Waals surface area contributed by atoms with E-state index in [4.69, 9.17) is 4.74 Å². The lowest BCUT2D eigenvalue weighted by Crippen LogP contribution is -2.21. The van der Waals surface area contributed by atoms with Crippen molar-refractivity contribution in [3.63, 3.8) is 0 Å². The third-order valence-electron chi connectivity index (χ3n) is 4.59. The van der Waals surface area contributed by atoms with E-state index >= 15 is 0 Å². The van der Waals surface area contributed by atoms with Crippen LogP contribution in [0.3, 0.4) is 0 Å². The standard InChI is InChI=1S/C18H18O3S/c19-22(20)11-10-16(13-6-7-13)17-9-8-15(12-18(17)22)21-14-4-2-1-3-5-14/h1-5,8-9,12-13,16H,6-7,10-11H2. The average molecular weight is 314 g/mol. The van der Waals surface area contributed by atoms with Crippen LogP contribution in [0.1, 0.15) is 30.7 Å². The normalized spacial score (nSPS) is 22.8. The minimum atomic E-state index is -3.18. The molecule has 1 heterocycles. The van der Waals surface area contributed by atoms with Crippen LogP contribution >= 0.6 is 0 Å². The van der Waals surface area contributed by atoms with Crippen molar-refractivity contribution in [2.75, 3.05) is 5.75 Å². The number of fused-ring (bicyclic) bond motifs is 1. The van der Waals surface area contributed by atoms with Crippen molar-refractivity contribution in [2.45, 2.75) is 30.1 Å². The molecule has 3 nitrogen and oxygen atoms in total. The summed E-state index contributed by atoms with van der Waals surface area (Å²) >= 11 is 0. The molecule has 1 saturated carbocycles. The van der Waals surface area contributed by atoms with Crippen LogP contribution in [0.5, 0.6) is 11.5 Å². The van der Waals surface area contributed by atoms with Gasteiger partial charge in [0.05, 0.1) is 10.6 Å². The van der Waals surface area contributed by atoms with E-state index in [1.807, 2.05) is 42.5 Å². The Morgan fingerprint density at radius 1 is 0.909 bits per heavy atom. The van der Waals surface area contributed by atoms with Gasteiger partial charge in [-0.15, -0.1) is 0 Å². The lowest BCUT2D eigenvalue weighted by molar-refractivity contribution is 0.476. The Hall–Kier alpha value is -1.81. The number of rotatable bonds is 3. The Balaban J connectivity index is 1.72. The van der Waals surface area contributed by atoms with E-state index in [-0.39, 0.29) is 5.75 Å². The van der Waals surface area contributed by atoms with E-state index in [1.165, 1.54) is 12.8 Å². The predicted octanol–water partition coefficient (Wildman–Crippen LogP) is 4.15. The third-order valence-corrected chi connectivity index (χ3v) is 6.38. The maximum absolute atomic E-state index is 12.4. The number of sulfone groups is 1. The molecule has 2 aliphatic rings. The average Bonchev–Trinajstić information content (AvgIpc) is 3.34. The molecule has 0 aromatic heterocycles. The summed E-state index contributed by atoms with van der Waals surface area (Å²) < 4.78 is 30.6. The maximum Gasteiger partial charge on any atom is 0.178 e. The lowest BCUT2D eigenvalue weighted by Gasteiger charge is -2.25. The fourth-order valence-corrected chi connectivity index (χ4v) is 4.97. The van der Waals surface area contributed by atoms with E-state index in [0.29, 0.717) is 22.5 Å². The zero-order valence-electron chi connectivity index (χ0n) is 12.2. The summed E-state index contributed by atoms with van der Waals surface area (Å²) in [4.78, 5) is 0.476. The zero-order chi connectivity index (χ0) is 15.2. The van der Waals surface area contributed by atoms with Crippen molar-refractivity contribution in [3.8, 4) is 11.5 Å². The van der Waals surface area contributed by atoms with Gasteiger partial charge in [-0.2, -0.15) is 0 Å². The van der Waals surface area contributed by atoms with Gasteiger partial charge in [-0.05, 0) is 60.9 Å².